The molecule has 0 aliphatic rings. The second kappa shape index (κ2) is 11.4. The lowest BCUT2D eigenvalue weighted by Crippen LogP contribution is -2.36. The third-order valence-electron chi connectivity index (χ3n) is 3.53. The van der Waals surface area contributed by atoms with Crippen molar-refractivity contribution in [1.82, 2.24) is 15.6 Å². The predicted molar refractivity (Wildman–Crippen MR) is 117 cm³/mol. The van der Waals surface area contributed by atoms with E-state index >= 15 is 0 Å². The molecule has 2 aromatic rings. The summed E-state index contributed by atoms with van der Waals surface area (Å²) >= 11 is 1.62. The van der Waals surface area contributed by atoms with Crippen LogP contribution in [0.5, 0.6) is 5.75 Å². The van der Waals surface area contributed by atoms with Crippen LogP contribution in [0, 0.1) is 13.8 Å². The Kier molecular flexibility index (Phi) is 10.0. The average molecular weight is 528 g/mol. The molecular formula is C18H24F3IN4OS. The third-order valence-corrected chi connectivity index (χ3v) is 4.60. The van der Waals surface area contributed by atoms with Crippen LogP contribution in [0.3, 0.4) is 0 Å². The number of aryl methyl sites for hydroxylation is 2. The third kappa shape index (κ3) is 8.21. The van der Waals surface area contributed by atoms with Crippen LogP contribution in [0.2, 0.25) is 0 Å². The van der Waals surface area contributed by atoms with Gasteiger partial charge in [0.2, 0.25) is 0 Å². The molecule has 1 aromatic heterocycles. The molecule has 2 N–H and O–H groups in total. The van der Waals surface area contributed by atoms with Gasteiger partial charge in [0.05, 0.1) is 23.8 Å². The number of hydrogen-bond donors (Lipinski definition) is 2. The standard InChI is InChI=1S/C18H23F3N4OS.HI/c1-4-22-17(24-10-16-12(2)25-13(3)27-16)23-9-14-7-5-6-8-15(14)26-11-18(19,20)21;/h5-8H,4,9-11H2,1-3H3,(H2,22,23,24);1H. The van der Waals surface area contributed by atoms with Gasteiger partial charge in [-0.15, -0.1) is 35.3 Å². The molecule has 156 valence electrons. The number of thiazole rings is 1. The summed E-state index contributed by atoms with van der Waals surface area (Å²) < 4.78 is 42.1. The minimum absolute atomic E-state index is 0. The first-order valence-corrected chi connectivity index (χ1v) is 9.32. The summed E-state index contributed by atoms with van der Waals surface area (Å²) in [4.78, 5) is 9.97. The van der Waals surface area contributed by atoms with Gasteiger partial charge in [-0.3, -0.25) is 0 Å². The highest BCUT2D eigenvalue weighted by atomic mass is 127. The summed E-state index contributed by atoms with van der Waals surface area (Å²) in [6, 6.07) is 6.60. The zero-order valence-corrected chi connectivity index (χ0v) is 19.0. The number of ether oxygens (including phenoxy) is 1. The van der Waals surface area contributed by atoms with Crippen LogP contribution < -0.4 is 15.4 Å². The van der Waals surface area contributed by atoms with Crippen LogP contribution >= 0.6 is 35.3 Å². The maximum Gasteiger partial charge on any atom is 0.422 e. The molecule has 1 aromatic carbocycles. The number of halogens is 4. The second-order valence-corrected chi connectivity index (χ2v) is 7.09. The fourth-order valence-corrected chi connectivity index (χ4v) is 3.22. The molecule has 0 radical (unpaired) electrons. The van der Waals surface area contributed by atoms with Crippen LogP contribution in [0.1, 0.15) is 28.1 Å². The molecule has 0 amide bonds. The summed E-state index contributed by atoms with van der Waals surface area (Å²) in [7, 11) is 0. The van der Waals surface area contributed by atoms with Crippen molar-refractivity contribution in [1.29, 1.82) is 0 Å². The van der Waals surface area contributed by atoms with E-state index in [2.05, 4.69) is 20.6 Å². The van der Waals surface area contributed by atoms with Gasteiger partial charge in [-0.1, -0.05) is 18.2 Å². The zero-order chi connectivity index (χ0) is 19.9. The summed E-state index contributed by atoms with van der Waals surface area (Å²) in [5.74, 6) is 0.761. The van der Waals surface area contributed by atoms with Crippen molar-refractivity contribution in [2.45, 2.75) is 40.0 Å². The summed E-state index contributed by atoms with van der Waals surface area (Å²) in [5.41, 5.74) is 1.57. The lowest BCUT2D eigenvalue weighted by Gasteiger charge is -2.13. The minimum atomic E-state index is -4.38. The lowest BCUT2D eigenvalue weighted by atomic mass is 10.2. The molecule has 0 unspecified atom stereocenters. The van der Waals surface area contributed by atoms with Gasteiger partial charge < -0.3 is 15.4 Å². The molecule has 0 saturated heterocycles. The van der Waals surface area contributed by atoms with Crippen molar-refractivity contribution in [3.05, 3.63) is 45.4 Å². The zero-order valence-electron chi connectivity index (χ0n) is 15.9. The van der Waals surface area contributed by atoms with Gasteiger partial charge in [0.1, 0.15) is 5.75 Å². The SMILES string of the molecule is CCNC(=NCc1ccccc1OCC(F)(F)F)NCc1sc(C)nc1C.I. The van der Waals surface area contributed by atoms with E-state index in [9.17, 15) is 13.2 Å². The molecular weight excluding hydrogens is 504 g/mol. The maximum absolute atomic E-state index is 12.4. The lowest BCUT2D eigenvalue weighted by molar-refractivity contribution is -0.153. The van der Waals surface area contributed by atoms with E-state index in [0.717, 1.165) is 15.6 Å². The number of rotatable bonds is 7. The summed E-state index contributed by atoms with van der Waals surface area (Å²) in [6.07, 6.45) is -4.38. The molecule has 0 fully saturated rings. The smallest absolute Gasteiger partial charge is 0.422 e. The van der Waals surface area contributed by atoms with E-state index in [0.29, 0.717) is 24.6 Å². The van der Waals surface area contributed by atoms with Crippen molar-refractivity contribution < 1.29 is 17.9 Å². The monoisotopic (exact) mass is 528 g/mol. The molecule has 0 atom stereocenters. The predicted octanol–water partition coefficient (Wildman–Crippen LogP) is 4.57. The van der Waals surface area contributed by atoms with Crippen LogP contribution in [0.25, 0.3) is 0 Å². The Labute approximate surface area is 183 Å². The van der Waals surface area contributed by atoms with Crippen molar-refractivity contribution in [2.75, 3.05) is 13.2 Å². The highest BCUT2D eigenvalue weighted by Crippen LogP contribution is 2.23. The van der Waals surface area contributed by atoms with E-state index < -0.39 is 12.8 Å². The summed E-state index contributed by atoms with van der Waals surface area (Å²) in [5, 5.41) is 7.35. The molecule has 1 heterocycles. The molecule has 28 heavy (non-hydrogen) atoms. The number of aromatic nitrogens is 1. The Bertz CT molecular complexity index is 780. The number of aliphatic imine (C=N–C) groups is 1. The number of para-hydroxylation sites is 1. The second-order valence-electron chi connectivity index (χ2n) is 5.80. The molecule has 0 bridgehead atoms. The number of hydrogen-bond acceptors (Lipinski definition) is 4. The van der Waals surface area contributed by atoms with Gasteiger partial charge in [0.15, 0.2) is 12.6 Å². The van der Waals surface area contributed by atoms with Crippen LogP contribution in [-0.4, -0.2) is 30.3 Å². The van der Waals surface area contributed by atoms with Crippen molar-refractivity contribution in [3.8, 4) is 5.75 Å². The highest BCUT2D eigenvalue weighted by molar-refractivity contribution is 14.0. The normalized spacial score (nSPS) is 11.7. The first kappa shape index (κ1) is 24.5. The van der Waals surface area contributed by atoms with Gasteiger partial charge in [-0.2, -0.15) is 13.2 Å². The van der Waals surface area contributed by atoms with E-state index in [4.69, 9.17) is 4.74 Å². The number of nitrogens with one attached hydrogen (secondary N) is 2. The van der Waals surface area contributed by atoms with E-state index in [1.165, 1.54) is 6.07 Å². The van der Waals surface area contributed by atoms with Gasteiger partial charge in [-0.25, -0.2) is 9.98 Å². The molecule has 0 aliphatic carbocycles. The molecule has 0 spiro atoms. The Balaban J connectivity index is 0.00000392. The van der Waals surface area contributed by atoms with Gasteiger partial charge in [0, 0.05) is 17.0 Å². The van der Waals surface area contributed by atoms with Crippen LogP contribution in [-0.2, 0) is 13.1 Å². The Hall–Kier alpha value is -1.56. The molecule has 0 aliphatic heterocycles. The van der Waals surface area contributed by atoms with E-state index in [-0.39, 0.29) is 36.3 Å². The van der Waals surface area contributed by atoms with Gasteiger partial charge >= 0.3 is 6.18 Å². The molecule has 0 saturated carbocycles. The largest absolute Gasteiger partial charge is 0.484 e. The first-order chi connectivity index (χ1) is 12.8. The van der Waals surface area contributed by atoms with Crippen molar-refractivity contribution in [2.24, 2.45) is 4.99 Å². The molecule has 5 nitrogen and oxygen atoms in total. The average Bonchev–Trinajstić information content (AvgIpc) is 2.93. The minimum Gasteiger partial charge on any atom is -0.484 e. The van der Waals surface area contributed by atoms with Crippen molar-refractivity contribution >= 4 is 41.3 Å². The first-order valence-electron chi connectivity index (χ1n) is 8.51. The van der Waals surface area contributed by atoms with Gasteiger partial charge in [-0.05, 0) is 26.8 Å². The number of nitrogens with zero attached hydrogens (tertiary/aromatic N) is 2. The van der Waals surface area contributed by atoms with E-state index in [1.54, 1.807) is 29.5 Å². The number of benzene rings is 1. The van der Waals surface area contributed by atoms with Gasteiger partial charge in [0.25, 0.3) is 0 Å². The van der Waals surface area contributed by atoms with Crippen LogP contribution in [0.4, 0.5) is 13.2 Å². The Morgan fingerprint density at radius 1 is 1.21 bits per heavy atom. The molecule has 2 rings (SSSR count). The van der Waals surface area contributed by atoms with E-state index in [1.807, 2.05) is 20.8 Å². The maximum atomic E-state index is 12.4. The fraction of sp³-hybridized carbons (Fsp3) is 0.444. The highest BCUT2D eigenvalue weighted by Gasteiger charge is 2.28. The fourth-order valence-electron chi connectivity index (χ4n) is 2.34. The van der Waals surface area contributed by atoms with Crippen molar-refractivity contribution in [3.63, 3.8) is 0 Å². The topological polar surface area (TPSA) is 58.5 Å². The Morgan fingerprint density at radius 2 is 1.93 bits per heavy atom. The number of alkyl halides is 3. The quantitative estimate of drug-likeness (QED) is 0.314. The van der Waals surface area contributed by atoms with Crippen LogP contribution in [0.15, 0.2) is 29.3 Å². The Morgan fingerprint density at radius 3 is 2.54 bits per heavy atom. The number of guanidine groups is 1. The summed E-state index contributed by atoms with van der Waals surface area (Å²) in [6.45, 7) is 5.98. The molecule has 10 heteroatoms.